The van der Waals surface area contributed by atoms with Gasteiger partial charge in [0.15, 0.2) is 5.58 Å². The molecule has 0 fully saturated rings. The Hall–Kier alpha value is -6.53. The van der Waals surface area contributed by atoms with E-state index in [1.54, 1.807) is 0 Å². The lowest BCUT2D eigenvalue weighted by Gasteiger charge is -2.26. The zero-order chi connectivity index (χ0) is 35.6. The zero-order valence-corrected chi connectivity index (χ0v) is 30.6. The number of nitrogens with zero attached hydrogens (tertiary/aromatic N) is 2. The Labute approximate surface area is 319 Å². The summed E-state index contributed by atoms with van der Waals surface area (Å²) in [5, 5.41) is 4.88. The van der Waals surface area contributed by atoms with Crippen molar-refractivity contribution in [3.63, 3.8) is 0 Å². The molecule has 254 valence electrons. The van der Waals surface area contributed by atoms with Crippen molar-refractivity contribution < 1.29 is 4.42 Å². The average molecular weight is 727 g/mol. The topological polar surface area (TPSA) is 29.3 Å². The van der Waals surface area contributed by atoms with E-state index in [0.717, 1.165) is 44.6 Å². The van der Waals surface area contributed by atoms with Gasteiger partial charge in [-0.3, -0.25) is 0 Å². The molecule has 8 aromatic carbocycles. The zero-order valence-electron chi connectivity index (χ0n) is 28.9. The van der Waals surface area contributed by atoms with Crippen molar-refractivity contribution in [3.8, 4) is 33.7 Å². The van der Waals surface area contributed by atoms with Crippen LogP contribution in [0.5, 0.6) is 0 Å². The van der Waals surface area contributed by atoms with Gasteiger partial charge in [0.05, 0.1) is 10.4 Å². The van der Waals surface area contributed by atoms with Crippen LogP contribution in [0.2, 0.25) is 0 Å². The number of hydrogen-bond acceptors (Lipinski definition) is 5. The summed E-state index contributed by atoms with van der Waals surface area (Å²) in [4.78, 5) is 7.44. The lowest BCUT2D eigenvalue weighted by Crippen LogP contribution is -2.10. The summed E-state index contributed by atoms with van der Waals surface area (Å²) < 4.78 is 11.6. The molecule has 0 aliphatic carbocycles. The van der Waals surface area contributed by atoms with Gasteiger partial charge in [-0.25, -0.2) is 4.98 Å². The molecule has 0 radical (unpaired) electrons. The van der Waals surface area contributed by atoms with Crippen LogP contribution in [0.3, 0.4) is 0 Å². The van der Waals surface area contributed by atoms with Gasteiger partial charge in [0.2, 0.25) is 5.89 Å². The summed E-state index contributed by atoms with van der Waals surface area (Å²) in [6.07, 6.45) is 0. The number of aromatic nitrogens is 1. The first-order valence-electron chi connectivity index (χ1n) is 18.0. The monoisotopic (exact) mass is 726 g/mol. The maximum Gasteiger partial charge on any atom is 0.227 e. The first-order chi connectivity index (χ1) is 26.8. The van der Waals surface area contributed by atoms with E-state index in [4.69, 9.17) is 9.40 Å². The van der Waals surface area contributed by atoms with E-state index < -0.39 is 0 Å². The van der Waals surface area contributed by atoms with Crippen molar-refractivity contribution in [1.82, 2.24) is 4.98 Å². The molecule has 0 bridgehead atoms. The molecule has 0 N–H and O–H groups in total. The SMILES string of the molecule is c1ccc(-c2ccc(N(c3ccc(-c4cc5nc(-c6ccccc6)oc5c5c4sc4ccccc45)cc3)c3cccc4c3sc3ccccc34)cc2)cc1. The van der Waals surface area contributed by atoms with E-state index in [1.165, 1.54) is 51.8 Å². The van der Waals surface area contributed by atoms with Crippen molar-refractivity contribution >= 4 is 91.2 Å². The van der Waals surface area contributed by atoms with Crippen molar-refractivity contribution in [1.29, 1.82) is 0 Å². The van der Waals surface area contributed by atoms with E-state index in [-0.39, 0.29) is 0 Å². The normalized spacial score (nSPS) is 11.7. The van der Waals surface area contributed by atoms with Gasteiger partial charge in [0, 0.05) is 58.1 Å². The Kier molecular flexibility index (Phi) is 7.22. The molecular formula is C49H30N2OS2. The van der Waals surface area contributed by atoms with E-state index in [1.807, 2.05) is 53.0 Å². The van der Waals surface area contributed by atoms with E-state index in [9.17, 15) is 0 Å². The lowest BCUT2D eigenvalue weighted by atomic mass is 10.0. The van der Waals surface area contributed by atoms with E-state index >= 15 is 0 Å². The second kappa shape index (κ2) is 12.6. The third kappa shape index (κ3) is 5.05. The van der Waals surface area contributed by atoms with Gasteiger partial charge in [-0.05, 0) is 77.4 Å². The molecule has 0 saturated heterocycles. The predicted molar refractivity (Wildman–Crippen MR) is 231 cm³/mol. The van der Waals surface area contributed by atoms with Crippen LogP contribution in [0, 0.1) is 0 Å². The molecule has 54 heavy (non-hydrogen) atoms. The van der Waals surface area contributed by atoms with Gasteiger partial charge in [-0.2, -0.15) is 0 Å². The number of rotatable bonds is 6. The Morgan fingerprint density at radius 3 is 1.72 bits per heavy atom. The van der Waals surface area contributed by atoms with Gasteiger partial charge in [0.25, 0.3) is 0 Å². The second-order valence-corrected chi connectivity index (χ2v) is 15.6. The molecule has 0 amide bonds. The fourth-order valence-corrected chi connectivity index (χ4v) is 10.2. The van der Waals surface area contributed by atoms with Gasteiger partial charge < -0.3 is 9.32 Å². The third-order valence-corrected chi connectivity index (χ3v) is 12.7. The highest BCUT2D eigenvalue weighted by atomic mass is 32.1. The molecule has 0 aliphatic heterocycles. The molecule has 3 aromatic heterocycles. The minimum atomic E-state index is 0.638. The van der Waals surface area contributed by atoms with Crippen LogP contribution in [0.25, 0.3) is 85.2 Å². The first-order valence-corrected chi connectivity index (χ1v) is 19.7. The van der Waals surface area contributed by atoms with Gasteiger partial charge in [-0.1, -0.05) is 121 Å². The molecule has 0 aliphatic rings. The highest BCUT2D eigenvalue weighted by Crippen LogP contribution is 2.47. The summed E-state index contributed by atoms with van der Waals surface area (Å²) >= 11 is 3.67. The van der Waals surface area contributed by atoms with Crippen molar-refractivity contribution in [2.75, 3.05) is 4.90 Å². The fraction of sp³-hybridized carbons (Fsp3) is 0. The van der Waals surface area contributed by atoms with Gasteiger partial charge >= 0.3 is 0 Å². The standard InChI is InChI=1S/C49H30N2OS2/c1-3-12-31(13-4-1)32-22-26-35(27-23-32)51(42-19-11-18-38-37-16-7-9-20-43(37)53-47(38)42)36-28-24-33(25-29-36)40-30-41-46(52-49(50-41)34-14-5-2-6-15-34)45-39-17-8-10-21-44(39)54-48(40)45/h1-30H. The number of anilines is 3. The lowest BCUT2D eigenvalue weighted by molar-refractivity contribution is 0.623. The molecular weight excluding hydrogens is 697 g/mol. The molecule has 3 nitrogen and oxygen atoms in total. The number of fused-ring (bicyclic) bond motifs is 8. The first kappa shape index (κ1) is 31.0. The minimum absolute atomic E-state index is 0.638. The average Bonchev–Trinajstić information content (AvgIpc) is 3.96. The van der Waals surface area contributed by atoms with E-state index in [2.05, 4.69) is 157 Å². The third-order valence-electron chi connectivity index (χ3n) is 10.3. The predicted octanol–water partition coefficient (Wildman–Crippen LogP) is 15.0. The summed E-state index contributed by atoms with van der Waals surface area (Å²) in [6, 6.07) is 64.9. The van der Waals surface area contributed by atoms with Gasteiger partial charge in [-0.15, -0.1) is 22.7 Å². The van der Waals surface area contributed by atoms with Crippen LogP contribution in [0.4, 0.5) is 17.1 Å². The maximum absolute atomic E-state index is 6.56. The Morgan fingerprint density at radius 1 is 0.444 bits per heavy atom. The molecule has 0 atom stereocenters. The van der Waals surface area contributed by atoms with Crippen LogP contribution in [0.1, 0.15) is 0 Å². The summed E-state index contributed by atoms with van der Waals surface area (Å²) in [6.45, 7) is 0. The smallest absolute Gasteiger partial charge is 0.227 e. The van der Waals surface area contributed by atoms with Crippen LogP contribution >= 0.6 is 22.7 Å². The number of thiophene rings is 2. The maximum atomic E-state index is 6.56. The Balaban J connectivity index is 1.08. The summed E-state index contributed by atoms with van der Waals surface area (Å²) in [5.74, 6) is 0.638. The summed E-state index contributed by atoms with van der Waals surface area (Å²) in [5.41, 5.74) is 10.7. The van der Waals surface area contributed by atoms with Crippen LogP contribution in [-0.2, 0) is 0 Å². The molecule has 3 heterocycles. The number of oxazole rings is 1. The van der Waals surface area contributed by atoms with Crippen LogP contribution < -0.4 is 4.90 Å². The second-order valence-electron chi connectivity index (χ2n) is 13.5. The fourth-order valence-electron chi connectivity index (χ4n) is 7.75. The minimum Gasteiger partial charge on any atom is -0.435 e. The van der Waals surface area contributed by atoms with Gasteiger partial charge in [0.1, 0.15) is 5.52 Å². The van der Waals surface area contributed by atoms with Crippen molar-refractivity contribution in [3.05, 3.63) is 182 Å². The van der Waals surface area contributed by atoms with Crippen LogP contribution in [0.15, 0.2) is 186 Å². The van der Waals surface area contributed by atoms with Crippen LogP contribution in [-0.4, -0.2) is 4.98 Å². The molecule has 5 heteroatoms. The molecule has 0 saturated carbocycles. The highest BCUT2D eigenvalue weighted by Gasteiger charge is 2.21. The van der Waals surface area contributed by atoms with Crippen molar-refractivity contribution in [2.45, 2.75) is 0 Å². The largest absolute Gasteiger partial charge is 0.435 e. The highest BCUT2D eigenvalue weighted by molar-refractivity contribution is 7.27. The number of hydrogen-bond donors (Lipinski definition) is 0. The quantitative estimate of drug-likeness (QED) is 0.171. The Bertz CT molecular complexity index is 3140. The molecule has 11 rings (SSSR count). The molecule has 0 spiro atoms. The van der Waals surface area contributed by atoms with Crippen molar-refractivity contribution in [2.24, 2.45) is 0 Å². The Morgan fingerprint density at radius 2 is 1.00 bits per heavy atom. The molecule has 0 unspecified atom stereocenters. The molecule has 11 aromatic rings. The number of benzene rings is 8. The van der Waals surface area contributed by atoms with E-state index in [0.29, 0.717) is 5.89 Å². The summed E-state index contributed by atoms with van der Waals surface area (Å²) in [7, 11) is 0.